The van der Waals surface area contributed by atoms with Crippen molar-refractivity contribution >= 4 is 15.9 Å². The van der Waals surface area contributed by atoms with E-state index in [1.54, 1.807) is 12.5 Å². The minimum Gasteiger partial charge on any atom is -0.348 e. The Morgan fingerprint density at radius 2 is 2.10 bits per heavy atom. The standard InChI is InChI=1S/C14H14BrN5O/c15-10-3-1-9(2-4-10)5-13-19-14(21-20-13)12(16)6-11-7-17-8-18-11/h1-4,7-8,12H,5-6,16H2,(H,17,18)/t12-/m0/s1. The van der Waals surface area contributed by atoms with Gasteiger partial charge in [0.15, 0.2) is 5.82 Å². The third-order valence-corrected chi connectivity index (χ3v) is 3.60. The van der Waals surface area contributed by atoms with Crippen molar-refractivity contribution in [2.45, 2.75) is 18.9 Å². The van der Waals surface area contributed by atoms with E-state index in [-0.39, 0.29) is 6.04 Å². The fourth-order valence-corrected chi connectivity index (χ4v) is 2.26. The van der Waals surface area contributed by atoms with Gasteiger partial charge >= 0.3 is 0 Å². The first-order valence-corrected chi connectivity index (χ1v) is 7.30. The molecule has 3 rings (SSSR count). The maximum absolute atomic E-state index is 6.06. The fourth-order valence-electron chi connectivity index (χ4n) is 2.00. The van der Waals surface area contributed by atoms with Crippen LogP contribution in [0.4, 0.5) is 0 Å². The molecule has 1 aromatic carbocycles. The number of nitrogens with zero attached hydrogens (tertiary/aromatic N) is 3. The molecule has 0 bridgehead atoms. The van der Waals surface area contributed by atoms with E-state index in [1.807, 2.05) is 24.3 Å². The minimum absolute atomic E-state index is 0.336. The third kappa shape index (κ3) is 3.56. The highest BCUT2D eigenvalue weighted by molar-refractivity contribution is 9.10. The van der Waals surface area contributed by atoms with Crippen LogP contribution in [0.1, 0.15) is 29.0 Å². The molecule has 6 nitrogen and oxygen atoms in total. The molecule has 0 aliphatic rings. The molecule has 2 aromatic heterocycles. The van der Waals surface area contributed by atoms with Gasteiger partial charge in [0.05, 0.1) is 12.4 Å². The van der Waals surface area contributed by atoms with Gasteiger partial charge in [-0.3, -0.25) is 0 Å². The molecule has 1 atom stereocenters. The highest BCUT2D eigenvalue weighted by Crippen LogP contribution is 2.16. The number of imidazole rings is 1. The van der Waals surface area contributed by atoms with Crippen molar-refractivity contribution in [1.29, 1.82) is 0 Å². The molecule has 108 valence electrons. The van der Waals surface area contributed by atoms with E-state index in [0.29, 0.717) is 24.6 Å². The molecule has 0 radical (unpaired) electrons. The van der Waals surface area contributed by atoms with Crippen LogP contribution >= 0.6 is 15.9 Å². The summed E-state index contributed by atoms with van der Waals surface area (Å²) >= 11 is 3.41. The van der Waals surface area contributed by atoms with Gasteiger partial charge in [-0.1, -0.05) is 33.2 Å². The second kappa shape index (κ2) is 6.19. The number of hydrogen-bond donors (Lipinski definition) is 2. The van der Waals surface area contributed by atoms with Gasteiger partial charge in [-0.05, 0) is 17.7 Å². The van der Waals surface area contributed by atoms with Crippen molar-refractivity contribution in [2.24, 2.45) is 5.73 Å². The molecule has 21 heavy (non-hydrogen) atoms. The van der Waals surface area contributed by atoms with Crippen LogP contribution in [0.5, 0.6) is 0 Å². The summed E-state index contributed by atoms with van der Waals surface area (Å²) in [6, 6.07) is 7.67. The Morgan fingerprint density at radius 3 is 2.81 bits per heavy atom. The fraction of sp³-hybridized carbons (Fsp3) is 0.214. The molecule has 2 heterocycles. The molecular formula is C14H14BrN5O. The molecule has 0 saturated heterocycles. The molecule has 0 fully saturated rings. The molecular weight excluding hydrogens is 334 g/mol. The van der Waals surface area contributed by atoms with E-state index in [1.165, 1.54) is 0 Å². The minimum atomic E-state index is -0.336. The topological polar surface area (TPSA) is 93.6 Å². The van der Waals surface area contributed by atoms with E-state index >= 15 is 0 Å². The number of H-pyrrole nitrogens is 1. The van der Waals surface area contributed by atoms with Crippen molar-refractivity contribution in [3.63, 3.8) is 0 Å². The van der Waals surface area contributed by atoms with E-state index in [2.05, 4.69) is 36.0 Å². The number of nitrogens with one attached hydrogen (secondary N) is 1. The van der Waals surface area contributed by atoms with E-state index in [0.717, 1.165) is 15.7 Å². The number of aromatic amines is 1. The highest BCUT2D eigenvalue weighted by atomic mass is 79.9. The van der Waals surface area contributed by atoms with Crippen LogP contribution in [0.3, 0.4) is 0 Å². The Bertz CT molecular complexity index is 692. The van der Waals surface area contributed by atoms with Gasteiger partial charge in [0.25, 0.3) is 0 Å². The van der Waals surface area contributed by atoms with Crippen LogP contribution in [0.15, 0.2) is 45.8 Å². The summed E-state index contributed by atoms with van der Waals surface area (Å²) in [4.78, 5) is 11.3. The highest BCUT2D eigenvalue weighted by Gasteiger charge is 2.16. The van der Waals surface area contributed by atoms with E-state index in [4.69, 9.17) is 10.3 Å². The maximum atomic E-state index is 6.06. The Kier molecular flexibility index (Phi) is 4.12. The average Bonchev–Trinajstić information content (AvgIpc) is 3.13. The van der Waals surface area contributed by atoms with E-state index in [9.17, 15) is 0 Å². The number of benzene rings is 1. The van der Waals surface area contributed by atoms with Crippen LogP contribution in [-0.4, -0.2) is 20.1 Å². The molecule has 0 unspecified atom stereocenters. The van der Waals surface area contributed by atoms with Gasteiger partial charge < -0.3 is 15.2 Å². The lowest BCUT2D eigenvalue weighted by molar-refractivity contribution is 0.350. The number of hydrogen-bond acceptors (Lipinski definition) is 5. The first-order valence-electron chi connectivity index (χ1n) is 6.50. The van der Waals surface area contributed by atoms with Gasteiger partial charge in [-0.15, -0.1) is 0 Å². The second-order valence-electron chi connectivity index (χ2n) is 4.74. The molecule has 3 N–H and O–H groups in total. The lowest BCUT2D eigenvalue weighted by Crippen LogP contribution is -2.14. The van der Waals surface area contributed by atoms with Crippen molar-refractivity contribution in [2.75, 3.05) is 0 Å². The Balaban J connectivity index is 1.66. The summed E-state index contributed by atoms with van der Waals surface area (Å²) in [7, 11) is 0. The summed E-state index contributed by atoms with van der Waals surface area (Å²) in [5, 5.41) is 3.98. The number of rotatable bonds is 5. The summed E-state index contributed by atoms with van der Waals surface area (Å²) in [5.74, 6) is 1.07. The first-order chi connectivity index (χ1) is 10.2. The summed E-state index contributed by atoms with van der Waals surface area (Å²) in [6.07, 6.45) is 4.56. The monoisotopic (exact) mass is 347 g/mol. The largest absolute Gasteiger partial charge is 0.348 e. The van der Waals surface area contributed by atoms with Crippen LogP contribution < -0.4 is 5.73 Å². The van der Waals surface area contributed by atoms with Crippen LogP contribution in [0.2, 0.25) is 0 Å². The number of nitrogens with two attached hydrogens (primary N) is 1. The van der Waals surface area contributed by atoms with E-state index < -0.39 is 0 Å². The molecule has 0 spiro atoms. The SMILES string of the molecule is N[C@@H](Cc1cnc[nH]1)c1nc(Cc2ccc(Br)cc2)no1. The van der Waals surface area contributed by atoms with Crippen LogP contribution in [0, 0.1) is 0 Å². The quantitative estimate of drug-likeness (QED) is 0.738. The lowest BCUT2D eigenvalue weighted by atomic mass is 10.1. The normalized spacial score (nSPS) is 12.5. The van der Waals surface area contributed by atoms with Crippen LogP contribution in [-0.2, 0) is 12.8 Å². The Hall–Kier alpha value is -1.99. The van der Waals surface area contributed by atoms with Gasteiger partial charge in [0.2, 0.25) is 5.89 Å². The predicted molar refractivity (Wildman–Crippen MR) is 80.5 cm³/mol. The van der Waals surface area contributed by atoms with Crippen molar-refractivity contribution in [1.82, 2.24) is 20.1 Å². The summed E-state index contributed by atoms with van der Waals surface area (Å²) in [6.45, 7) is 0. The summed E-state index contributed by atoms with van der Waals surface area (Å²) in [5.41, 5.74) is 8.12. The van der Waals surface area contributed by atoms with Crippen molar-refractivity contribution < 1.29 is 4.52 Å². The molecule has 7 heteroatoms. The van der Waals surface area contributed by atoms with Gasteiger partial charge in [0.1, 0.15) is 0 Å². The summed E-state index contributed by atoms with van der Waals surface area (Å²) < 4.78 is 6.28. The second-order valence-corrected chi connectivity index (χ2v) is 5.66. The van der Waals surface area contributed by atoms with Crippen LogP contribution in [0.25, 0.3) is 0 Å². The first kappa shape index (κ1) is 14.0. The van der Waals surface area contributed by atoms with Gasteiger partial charge in [-0.2, -0.15) is 4.98 Å². The zero-order valence-corrected chi connectivity index (χ0v) is 12.7. The number of halogens is 1. The zero-order valence-electron chi connectivity index (χ0n) is 11.2. The van der Waals surface area contributed by atoms with Crippen molar-refractivity contribution in [3.8, 4) is 0 Å². The Labute approximate surface area is 129 Å². The van der Waals surface area contributed by atoms with Gasteiger partial charge in [0, 0.05) is 29.2 Å². The molecule has 3 aromatic rings. The maximum Gasteiger partial charge on any atom is 0.243 e. The average molecular weight is 348 g/mol. The predicted octanol–water partition coefficient (Wildman–Crippen LogP) is 2.39. The molecule has 0 amide bonds. The lowest BCUT2D eigenvalue weighted by Gasteiger charge is -2.03. The zero-order chi connectivity index (χ0) is 14.7. The molecule has 0 saturated carbocycles. The third-order valence-electron chi connectivity index (χ3n) is 3.07. The molecule has 0 aliphatic carbocycles. The molecule has 0 aliphatic heterocycles. The van der Waals surface area contributed by atoms with Gasteiger partial charge in [-0.25, -0.2) is 4.98 Å². The van der Waals surface area contributed by atoms with Crippen molar-refractivity contribution in [3.05, 3.63) is 64.2 Å². The smallest absolute Gasteiger partial charge is 0.243 e. The number of aromatic nitrogens is 4. The Morgan fingerprint density at radius 1 is 1.29 bits per heavy atom.